The average molecular weight is 288 g/mol. The van der Waals surface area contributed by atoms with Crippen LogP contribution in [0, 0.1) is 6.92 Å². The summed E-state index contributed by atoms with van der Waals surface area (Å²) in [5.41, 5.74) is 0.873. The van der Waals surface area contributed by atoms with Crippen molar-refractivity contribution in [1.82, 2.24) is 4.98 Å². The quantitative estimate of drug-likeness (QED) is 0.588. The van der Waals surface area contributed by atoms with Gasteiger partial charge >= 0.3 is 7.12 Å². The van der Waals surface area contributed by atoms with Gasteiger partial charge in [-0.05, 0) is 46.2 Å². The molecule has 18 heavy (non-hydrogen) atoms. The fraction of sp³-hybridized carbons (Fsp3) is 0.583. The summed E-state index contributed by atoms with van der Waals surface area (Å²) >= 11 is 12.0. The van der Waals surface area contributed by atoms with Gasteiger partial charge in [0.2, 0.25) is 0 Å². The third kappa shape index (κ3) is 2.27. The summed E-state index contributed by atoms with van der Waals surface area (Å²) in [6.45, 7) is 9.91. The second-order valence-corrected chi connectivity index (χ2v) is 6.30. The Kier molecular flexibility index (Phi) is 3.44. The van der Waals surface area contributed by atoms with Crippen LogP contribution in [0.1, 0.15) is 33.3 Å². The standard InChI is InChI=1S/C12H16BCl2NO2/c1-7-6-8(14)16-10(15)9(7)13-17-11(2,3)12(4,5)18-13/h6H,1-5H3. The van der Waals surface area contributed by atoms with Crippen LogP contribution in [0.4, 0.5) is 0 Å². The Labute approximate surface area is 118 Å². The molecule has 1 aliphatic heterocycles. The number of aromatic nitrogens is 1. The Morgan fingerprint density at radius 3 is 2.06 bits per heavy atom. The van der Waals surface area contributed by atoms with Crippen molar-refractivity contribution in [2.45, 2.75) is 45.8 Å². The number of rotatable bonds is 1. The zero-order chi connectivity index (χ0) is 13.7. The topological polar surface area (TPSA) is 31.4 Å². The van der Waals surface area contributed by atoms with Crippen molar-refractivity contribution in [3.05, 3.63) is 21.9 Å². The summed E-state index contributed by atoms with van der Waals surface area (Å²) in [5, 5.41) is 0.705. The Bertz CT molecular complexity index is 452. The molecule has 1 fully saturated rings. The molecule has 0 saturated carbocycles. The minimum absolute atomic E-state index is 0.332. The average Bonchev–Trinajstić information content (AvgIpc) is 2.32. The predicted octanol–water partition coefficient (Wildman–Crippen LogP) is 3.00. The number of aryl methyl sites for hydroxylation is 1. The second-order valence-electron chi connectivity index (χ2n) is 5.55. The van der Waals surface area contributed by atoms with Crippen molar-refractivity contribution in [3.8, 4) is 0 Å². The monoisotopic (exact) mass is 287 g/mol. The lowest BCUT2D eigenvalue weighted by atomic mass is 9.77. The van der Waals surface area contributed by atoms with E-state index < -0.39 is 18.3 Å². The van der Waals surface area contributed by atoms with Crippen LogP contribution in [-0.2, 0) is 9.31 Å². The lowest BCUT2D eigenvalue weighted by molar-refractivity contribution is 0.00578. The first kappa shape index (κ1) is 14.1. The highest BCUT2D eigenvalue weighted by atomic mass is 35.5. The van der Waals surface area contributed by atoms with Gasteiger partial charge in [0.15, 0.2) is 0 Å². The Balaban J connectivity index is 2.42. The largest absolute Gasteiger partial charge is 0.498 e. The van der Waals surface area contributed by atoms with E-state index in [1.165, 1.54) is 0 Å². The molecule has 1 aromatic heterocycles. The highest BCUT2D eigenvalue weighted by Gasteiger charge is 2.52. The molecule has 0 unspecified atom stereocenters. The minimum atomic E-state index is -0.507. The number of hydrogen-bond acceptors (Lipinski definition) is 3. The number of nitrogens with zero attached hydrogens (tertiary/aromatic N) is 1. The van der Waals surface area contributed by atoms with Crippen molar-refractivity contribution < 1.29 is 9.31 Å². The van der Waals surface area contributed by atoms with Gasteiger partial charge in [-0.1, -0.05) is 23.2 Å². The summed E-state index contributed by atoms with van der Waals surface area (Å²) < 4.78 is 11.9. The van der Waals surface area contributed by atoms with Gasteiger partial charge in [0, 0.05) is 5.46 Å². The van der Waals surface area contributed by atoms with E-state index in [4.69, 9.17) is 32.5 Å². The third-order valence-corrected chi connectivity index (χ3v) is 4.16. The summed E-state index contributed by atoms with van der Waals surface area (Å²) in [6, 6.07) is 1.76. The van der Waals surface area contributed by atoms with Crippen LogP contribution < -0.4 is 5.46 Å². The highest BCUT2D eigenvalue weighted by molar-refractivity contribution is 6.66. The molecule has 0 aliphatic carbocycles. The Hall–Kier alpha value is -0.285. The molecule has 0 spiro atoms. The molecule has 3 nitrogen and oxygen atoms in total. The van der Waals surface area contributed by atoms with Crippen LogP contribution in [0.5, 0.6) is 0 Å². The lowest BCUT2D eigenvalue weighted by Crippen LogP contribution is -2.41. The van der Waals surface area contributed by atoms with E-state index >= 15 is 0 Å². The molecule has 1 aromatic rings. The molecular weight excluding hydrogens is 272 g/mol. The zero-order valence-corrected chi connectivity index (χ0v) is 12.7. The molecule has 0 radical (unpaired) electrons. The SMILES string of the molecule is Cc1cc(Cl)nc(Cl)c1B1OC(C)(C)C(C)(C)O1. The molecule has 2 heterocycles. The smallest absolute Gasteiger partial charge is 0.399 e. The summed E-state index contributed by atoms with van der Waals surface area (Å²) in [6.07, 6.45) is 0. The van der Waals surface area contributed by atoms with Crippen LogP contribution in [0.2, 0.25) is 10.3 Å². The van der Waals surface area contributed by atoms with E-state index in [9.17, 15) is 0 Å². The maximum Gasteiger partial charge on any atom is 0.498 e. The van der Waals surface area contributed by atoms with Crippen LogP contribution in [-0.4, -0.2) is 23.3 Å². The maximum absolute atomic E-state index is 6.15. The van der Waals surface area contributed by atoms with Crippen LogP contribution >= 0.6 is 23.2 Å². The Morgan fingerprint density at radius 2 is 1.61 bits per heavy atom. The normalized spacial score (nSPS) is 21.4. The van der Waals surface area contributed by atoms with Gasteiger partial charge in [-0.3, -0.25) is 0 Å². The van der Waals surface area contributed by atoms with E-state index in [-0.39, 0.29) is 0 Å². The second kappa shape index (κ2) is 4.38. The maximum atomic E-state index is 6.15. The highest BCUT2D eigenvalue weighted by Crippen LogP contribution is 2.37. The number of pyridine rings is 1. The fourth-order valence-electron chi connectivity index (χ4n) is 1.85. The van der Waals surface area contributed by atoms with Crippen molar-refractivity contribution in [2.24, 2.45) is 0 Å². The zero-order valence-electron chi connectivity index (χ0n) is 11.2. The van der Waals surface area contributed by atoms with E-state index in [0.717, 1.165) is 11.0 Å². The molecule has 98 valence electrons. The summed E-state index contributed by atoms with van der Waals surface area (Å²) in [7, 11) is -0.507. The van der Waals surface area contributed by atoms with Gasteiger partial charge in [-0.25, -0.2) is 4.98 Å². The first-order chi connectivity index (χ1) is 8.14. The molecule has 1 aliphatic rings. The van der Waals surface area contributed by atoms with Gasteiger partial charge in [0.25, 0.3) is 0 Å². The molecule has 0 atom stereocenters. The molecule has 0 aromatic carbocycles. The summed E-state index contributed by atoms with van der Waals surface area (Å²) in [5.74, 6) is 0. The van der Waals surface area contributed by atoms with Crippen LogP contribution in [0.3, 0.4) is 0 Å². The molecule has 0 N–H and O–H groups in total. The Morgan fingerprint density at radius 1 is 1.11 bits per heavy atom. The van der Waals surface area contributed by atoms with E-state index in [2.05, 4.69) is 4.98 Å². The predicted molar refractivity (Wildman–Crippen MR) is 74.7 cm³/mol. The summed E-state index contributed by atoms with van der Waals surface area (Å²) in [4.78, 5) is 4.05. The van der Waals surface area contributed by atoms with Crippen LogP contribution in [0.25, 0.3) is 0 Å². The molecule has 1 saturated heterocycles. The van der Waals surface area contributed by atoms with E-state index in [0.29, 0.717) is 10.3 Å². The van der Waals surface area contributed by atoms with Crippen molar-refractivity contribution in [1.29, 1.82) is 0 Å². The van der Waals surface area contributed by atoms with Crippen LogP contribution in [0.15, 0.2) is 6.07 Å². The molecule has 2 rings (SSSR count). The van der Waals surface area contributed by atoms with Gasteiger partial charge in [-0.2, -0.15) is 0 Å². The van der Waals surface area contributed by atoms with Crippen molar-refractivity contribution in [2.75, 3.05) is 0 Å². The number of halogens is 2. The fourth-order valence-corrected chi connectivity index (χ4v) is 2.47. The molecular formula is C12H16BCl2NO2. The van der Waals surface area contributed by atoms with E-state index in [1.807, 2.05) is 34.6 Å². The van der Waals surface area contributed by atoms with Gasteiger partial charge in [-0.15, -0.1) is 0 Å². The molecule has 6 heteroatoms. The van der Waals surface area contributed by atoms with Crippen molar-refractivity contribution in [3.63, 3.8) is 0 Å². The third-order valence-electron chi connectivity index (χ3n) is 3.68. The minimum Gasteiger partial charge on any atom is -0.399 e. The van der Waals surface area contributed by atoms with Gasteiger partial charge < -0.3 is 9.31 Å². The number of hydrogen-bond donors (Lipinski definition) is 0. The van der Waals surface area contributed by atoms with E-state index in [1.54, 1.807) is 6.07 Å². The lowest BCUT2D eigenvalue weighted by Gasteiger charge is -2.32. The first-order valence-corrected chi connectivity index (χ1v) is 6.58. The van der Waals surface area contributed by atoms with Crippen molar-refractivity contribution >= 4 is 35.8 Å². The molecule has 0 bridgehead atoms. The van der Waals surface area contributed by atoms with Gasteiger partial charge in [0.1, 0.15) is 10.3 Å². The molecule has 0 amide bonds. The first-order valence-electron chi connectivity index (χ1n) is 5.82. The van der Waals surface area contributed by atoms with Gasteiger partial charge in [0.05, 0.1) is 11.2 Å².